The van der Waals surface area contributed by atoms with Crippen molar-refractivity contribution in [1.29, 1.82) is 0 Å². The fourth-order valence-corrected chi connectivity index (χ4v) is 2.59. The summed E-state index contributed by atoms with van der Waals surface area (Å²) in [6.07, 6.45) is 0. The Morgan fingerprint density at radius 3 is 2.60 bits per heavy atom. The van der Waals surface area contributed by atoms with Gasteiger partial charge in [0.2, 0.25) is 0 Å². The summed E-state index contributed by atoms with van der Waals surface area (Å²) < 4.78 is 33.0. The molecule has 0 atom stereocenters. The van der Waals surface area contributed by atoms with E-state index >= 15 is 0 Å². The maximum atomic E-state index is 12.1. The van der Waals surface area contributed by atoms with E-state index in [1.54, 1.807) is 27.0 Å². The van der Waals surface area contributed by atoms with Crippen molar-refractivity contribution in [2.24, 2.45) is 5.73 Å². The van der Waals surface area contributed by atoms with Gasteiger partial charge in [0.15, 0.2) is 0 Å². The fourth-order valence-electron chi connectivity index (χ4n) is 1.50. The van der Waals surface area contributed by atoms with E-state index in [2.05, 4.69) is 4.72 Å². The number of methoxy groups -OCH3 is 1. The lowest BCUT2D eigenvalue weighted by molar-refractivity contribution is 0.411. The van der Waals surface area contributed by atoms with Gasteiger partial charge in [-0.15, -0.1) is 0 Å². The second-order valence-electron chi connectivity index (χ2n) is 5.42. The van der Waals surface area contributed by atoms with Crippen LogP contribution in [0, 0.1) is 0 Å². The summed E-state index contributed by atoms with van der Waals surface area (Å²) in [6, 6.07) is 7.29. The lowest BCUT2D eigenvalue weighted by Gasteiger charge is -2.23. The van der Waals surface area contributed by atoms with Gasteiger partial charge in [-0.05, 0) is 31.5 Å². The van der Waals surface area contributed by atoms with Crippen LogP contribution in [0.15, 0.2) is 24.3 Å². The summed E-state index contributed by atoms with van der Waals surface area (Å²) in [5.41, 5.74) is 6.03. The van der Waals surface area contributed by atoms with E-state index in [9.17, 15) is 8.42 Å². The molecule has 3 N–H and O–H groups in total. The number of hydrogen-bond donors (Lipinski definition) is 2. The van der Waals surface area contributed by atoms with Gasteiger partial charge >= 0.3 is 0 Å². The van der Waals surface area contributed by atoms with Crippen molar-refractivity contribution in [3.63, 3.8) is 0 Å². The highest BCUT2D eigenvalue weighted by molar-refractivity contribution is 7.87. The average Bonchev–Trinajstić information content (AvgIpc) is 2.36. The van der Waals surface area contributed by atoms with E-state index in [0.717, 1.165) is 5.56 Å². The molecule has 0 aromatic heterocycles. The monoisotopic (exact) mass is 301 g/mol. The van der Waals surface area contributed by atoms with Gasteiger partial charge in [-0.25, -0.2) is 4.72 Å². The number of nitrogens with zero attached hydrogens (tertiary/aromatic N) is 1. The van der Waals surface area contributed by atoms with E-state index in [-0.39, 0.29) is 13.1 Å². The average molecular weight is 301 g/mol. The van der Waals surface area contributed by atoms with E-state index < -0.39 is 15.7 Å². The molecule has 0 heterocycles. The Labute approximate surface area is 121 Å². The number of ether oxygens (including phenoxy) is 1. The first-order valence-electron chi connectivity index (χ1n) is 6.27. The smallest absolute Gasteiger partial charge is 0.279 e. The largest absolute Gasteiger partial charge is 0.497 e. The molecule has 1 aromatic carbocycles. The van der Waals surface area contributed by atoms with Crippen LogP contribution in [-0.4, -0.2) is 39.0 Å². The third-order valence-electron chi connectivity index (χ3n) is 2.66. The lowest BCUT2D eigenvalue weighted by Crippen LogP contribution is -2.48. The fraction of sp³-hybridized carbons (Fsp3) is 0.538. The molecule has 0 spiro atoms. The first-order valence-corrected chi connectivity index (χ1v) is 7.71. The molecule has 0 unspecified atom stereocenters. The van der Waals surface area contributed by atoms with Crippen molar-refractivity contribution < 1.29 is 13.2 Å². The molecule has 114 valence electrons. The van der Waals surface area contributed by atoms with E-state index in [1.165, 1.54) is 11.4 Å². The normalized spacial score (nSPS) is 12.7. The SMILES string of the molecule is COc1cccc(CN(C)S(=O)(=O)NCC(C)(C)N)c1. The van der Waals surface area contributed by atoms with Crippen LogP contribution in [0.5, 0.6) is 5.75 Å². The minimum Gasteiger partial charge on any atom is -0.497 e. The van der Waals surface area contributed by atoms with Gasteiger partial charge < -0.3 is 10.5 Å². The van der Waals surface area contributed by atoms with Crippen LogP contribution < -0.4 is 15.2 Å². The third-order valence-corrected chi connectivity index (χ3v) is 4.12. The van der Waals surface area contributed by atoms with Crippen molar-refractivity contribution >= 4 is 10.2 Å². The second kappa shape index (κ2) is 6.53. The van der Waals surface area contributed by atoms with Crippen LogP contribution in [0.2, 0.25) is 0 Å². The summed E-state index contributed by atoms with van der Waals surface area (Å²) in [5.74, 6) is 0.698. The predicted octanol–water partition coefficient (Wildman–Crippen LogP) is 0.699. The second-order valence-corrected chi connectivity index (χ2v) is 7.28. The number of hydrogen-bond acceptors (Lipinski definition) is 4. The topological polar surface area (TPSA) is 84.7 Å². The standard InChI is InChI=1S/C13H23N3O3S/c1-13(2,14)10-15-20(17,18)16(3)9-11-6-5-7-12(8-11)19-4/h5-8,15H,9-10,14H2,1-4H3. The van der Waals surface area contributed by atoms with Crippen molar-refractivity contribution in [2.45, 2.75) is 25.9 Å². The van der Waals surface area contributed by atoms with Gasteiger partial charge in [0.05, 0.1) is 7.11 Å². The van der Waals surface area contributed by atoms with Crippen LogP contribution in [0.4, 0.5) is 0 Å². The zero-order valence-corrected chi connectivity index (χ0v) is 13.2. The molecular formula is C13H23N3O3S. The molecule has 0 amide bonds. The summed E-state index contributed by atoms with van der Waals surface area (Å²) in [7, 11) is -0.456. The maximum absolute atomic E-state index is 12.1. The number of nitrogens with one attached hydrogen (secondary N) is 1. The molecule has 0 aliphatic heterocycles. The maximum Gasteiger partial charge on any atom is 0.279 e. The summed E-state index contributed by atoms with van der Waals surface area (Å²) in [4.78, 5) is 0. The summed E-state index contributed by atoms with van der Waals surface area (Å²) in [6.45, 7) is 3.96. The summed E-state index contributed by atoms with van der Waals surface area (Å²) >= 11 is 0. The molecule has 7 heteroatoms. The van der Waals surface area contributed by atoms with Gasteiger partial charge in [-0.1, -0.05) is 12.1 Å². The number of benzene rings is 1. The van der Waals surface area contributed by atoms with Crippen molar-refractivity contribution in [2.75, 3.05) is 20.7 Å². The molecule has 6 nitrogen and oxygen atoms in total. The Bertz CT molecular complexity index is 538. The highest BCUT2D eigenvalue weighted by atomic mass is 32.2. The Kier molecular flexibility index (Phi) is 5.52. The van der Waals surface area contributed by atoms with Crippen LogP contribution >= 0.6 is 0 Å². The van der Waals surface area contributed by atoms with Crippen LogP contribution in [0.1, 0.15) is 19.4 Å². The van der Waals surface area contributed by atoms with Crippen molar-refractivity contribution in [3.8, 4) is 5.75 Å². The molecular weight excluding hydrogens is 278 g/mol. The van der Waals surface area contributed by atoms with Crippen LogP contribution in [0.3, 0.4) is 0 Å². The highest BCUT2D eigenvalue weighted by Crippen LogP contribution is 2.14. The van der Waals surface area contributed by atoms with Gasteiger partial charge in [0.25, 0.3) is 10.2 Å². The summed E-state index contributed by atoms with van der Waals surface area (Å²) in [5, 5.41) is 0. The Morgan fingerprint density at radius 2 is 2.05 bits per heavy atom. The first kappa shape index (κ1) is 16.9. The van der Waals surface area contributed by atoms with Gasteiger partial charge in [0, 0.05) is 25.7 Å². The Hall–Kier alpha value is -1.15. The van der Waals surface area contributed by atoms with Gasteiger partial charge in [-0.3, -0.25) is 0 Å². The molecule has 20 heavy (non-hydrogen) atoms. The minimum atomic E-state index is -3.55. The van der Waals surface area contributed by atoms with Crippen LogP contribution in [0.25, 0.3) is 0 Å². The molecule has 1 aromatic rings. The first-order chi connectivity index (χ1) is 9.14. The molecule has 0 bridgehead atoms. The highest BCUT2D eigenvalue weighted by Gasteiger charge is 2.21. The molecule has 0 aliphatic carbocycles. The van der Waals surface area contributed by atoms with Crippen molar-refractivity contribution in [1.82, 2.24) is 9.03 Å². The lowest BCUT2D eigenvalue weighted by atomic mass is 10.1. The molecule has 0 saturated heterocycles. The minimum absolute atomic E-state index is 0.178. The predicted molar refractivity (Wildman–Crippen MR) is 79.6 cm³/mol. The Morgan fingerprint density at radius 1 is 1.40 bits per heavy atom. The van der Waals surface area contributed by atoms with E-state index in [0.29, 0.717) is 5.75 Å². The van der Waals surface area contributed by atoms with Gasteiger partial charge in [-0.2, -0.15) is 12.7 Å². The molecule has 0 radical (unpaired) electrons. The van der Waals surface area contributed by atoms with Crippen molar-refractivity contribution in [3.05, 3.63) is 29.8 Å². The van der Waals surface area contributed by atoms with Gasteiger partial charge in [0.1, 0.15) is 5.75 Å². The zero-order chi connectivity index (χ0) is 15.4. The molecule has 0 saturated carbocycles. The van der Waals surface area contributed by atoms with E-state index in [1.807, 2.05) is 18.2 Å². The zero-order valence-electron chi connectivity index (χ0n) is 12.4. The van der Waals surface area contributed by atoms with E-state index in [4.69, 9.17) is 10.5 Å². The third kappa shape index (κ3) is 5.46. The number of rotatable bonds is 7. The molecule has 0 aliphatic rings. The molecule has 0 fully saturated rings. The quantitative estimate of drug-likeness (QED) is 0.776. The Balaban J connectivity index is 2.71. The molecule has 1 rings (SSSR count). The van der Waals surface area contributed by atoms with Crippen LogP contribution in [-0.2, 0) is 16.8 Å². The number of nitrogens with two attached hydrogens (primary N) is 1.